The molecule has 0 aliphatic rings. The Kier molecular flexibility index (Phi) is 7.23. The lowest BCUT2D eigenvalue weighted by Gasteiger charge is -2.16. The fourth-order valence-corrected chi connectivity index (χ4v) is 4.82. The smallest absolute Gasteiger partial charge is 0.138 e. The van der Waals surface area contributed by atoms with Crippen LogP contribution in [0.5, 0.6) is 0 Å². The summed E-state index contributed by atoms with van der Waals surface area (Å²) in [5.74, 6) is 0.843. The number of nitrogens with zero attached hydrogens (tertiary/aromatic N) is 1. The number of imidazole rings is 1. The van der Waals surface area contributed by atoms with Gasteiger partial charge in [-0.15, -0.1) is 0 Å². The SMILES string of the molecule is N/C(=C(\NCc1ccc(-c2nc(-c3ccccc3)c(-c3ccccc3)[nH]2)cc1)c1ccccc1)c1ccccc1. The summed E-state index contributed by atoms with van der Waals surface area (Å²) < 4.78 is 0. The number of hydrogen-bond acceptors (Lipinski definition) is 3. The second kappa shape index (κ2) is 11.6. The van der Waals surface area contributed by atoms with E-state index in [1.807, 2.05) is 72.8 Å². The van der Waals surface area contributed by atoms with E-state index in [-0.39, 0.29) is 0 Å². The quantitative estimate of drug-likeness (QED) is 0.179. The van der Waals surface area contributed by atoms with Crippen LogP contribution >= 0.6 is 0 Å². The van der Waals surface area contributed by atoms with Crippen molar-refractivity contribution in [2.24, 2.45) is 5.73 Å². The molecule has 0 bridgehead atoms. The molecule has 0 atom stereocenters. The molecule has 4 nitrogen and oxygen atoms in total. The normalized spacial score (nSPS) is 11.6. The second-order valence-corrected chi connectivity index (χ2v) is 9.61. The van der Waals surface area contributed by atoms with Crippen molar-refractivity contribution >= 4 is 11.4 Å². The average molecular weight is 519 g/mol. The van der Waals surface area contributed by atoms with E-state index in [2.05, 4.69) is 83.1 Å². The summed E-state index contributed by atoms with van der Waals surface area (Å²) >= 11 is 0. The first-order valence-corrected chi connectivity index (χ1v) is 13.4. The first kappa shape index (κ1) is 25.0. The Morgan fingerprint density at radius 1 is 0.575 bits per heavy atom. The molecule has 0 aliphatic carbocycles. The molecule has 40 heavy (non-hydrogen) atoms. The van der Waals surface area contributed by atoms with Gasteiger partial charge in [0.25, 0.3) is 0 Å². The minimum Gasteiger partial charge on any atom is -0.397 e. The summed E-state index contributed by atoms with van der Waals surface area (Å²) in [6.45, 7) is 0.640. The van der Waals surface area contributed by atoms with Crippen molar-refractivity contribution in [3.05, 3.63) is 162 Å². The fraction of sp³-hybridized carbons (Fsp3) is 0.0278. The molecule has 6 aromatic rings. The molecule has 194 valence electrons. The van der Waals surface area contributed by atoms with E-state index in [9.17, 15) is 0 Å². The zero-order valence-corrected chi connectivity index (χ0v) is 22.1. The van der Waals surface area contributed by atoms with Crippen LogP contribution in [0.15, 0.2) is 146 Å². The van der Waals surface area contributed by atoms with Crippen molar-refractivity contribution in [3.8, 4) is 33.9 Å². The fourth-order valence-electron chi connectivity index (χ4n) is 4.82. The molecule has 0 fully saturated rings. The lowest BCUT2D eigenvalue weighted by molar-refractivity contribution is 0.889. The van der Waals surface area contributed by atoms with Crippen LogP contribution in [0.3, 0.4) is 0 Å². The molecule has 0 radical (unpaired) electrons. The van der Waals surface area contributed by atoms with Crippen molar-refractivity contribution in [2.75, 3.05) is 0 Å². The van der Waals surface area contributed by atoms with Gasteiger partial charge in [-0.05, 0) is 16.7 Å². The Bertz CT molecular complexity index is 1650. The zero-order valence-electron chi connectivity index (χ0n) is 22.1. The molecule has 0 amide bonds. The van der Waals surface area contributed by atoms with Crippen LogP contribution in [0.2, 0.25) is 0 Å². The van der Waals surface area contributed by atoms with Gasteiger partial charge >= 0.3 is 0 Å². The van der Waals surface area contributed by atoms with Gasteiger partial charge in [-0.2, -0.15) is 0 Å². The summed E-state index contributed by atoms with van der Waals surface area (Å²) in [5.41, 5.74) is 16.7. The standard InChI is InChI=1S/C36H30N4/c37-32(27-13-5-1-6-14-27)33(28-15-7-2-8-16-28)38-25-26-21-23-31(24-22-26)36-39-34(29-17-9-3-10-18-29)35(40-36)30-19-11-4-12-20-30/h1-24,38H,25,37H2,(H,39,40)/b33-32-. The maximum Gasteiger partial charge on any atom is 0.138 e. The van der Waals surface area contributed by atoms with Crippen LogP contribution in [-0.4, -0.2) is 9.97 Å². The Labute approximate surface area is 234 Å². The van der Waals surface area contributed by atoms with Gasteiger partial charge in [0, 0.05) is 23.2 Å². The molecular weight excluding hydrogens is 488 g/mol. The number of hydrogen-bond donors (Lipinski definition) is 3. The molecule has 5 aromatic carbocycles. The van der Waals surface area contributed by atoms with Gasteiger partial charge in [0.15, 0.2) is 0 Å². The van der Waals surface area contributed by atoms with Crippen LogP contribution in [0.1, 0.15) is 16.7 Å². The summed E-state index contributed by atoms with van der Waals surface area (Å²) in [7, 11) is 0. The van der Waals surface area contributed by atoms with E-state index in [4.69, 9.17) is 10.7 Å². The van der Waals surface area contributed by atoms with Gasteiger partial charge in [-0.25, -0.2) is 4.98 Å². The third kappa shape index (κ3) is 5.42. The summed E-state index contributed by atoms with van der Waals surface area (Å²) in [5, 5.41) is 3.60. The highest BCUT2D eigenvalue weighted by atomic mass is 14.9. The van der Waals surface area contributed by atoms with Crippen LogP contribution in [-0.2, 0) is 6.54 Å². The third-order valence-electron chi connectivity index (χ3n) is 6.93. The lowest BCUT2D eigenvalue weighted by atomic mass is 10.0. The molecule has 1 aromatic heterocycles. The maximum atomic E-state index is 6.65. The summed E-state index contributed by atoms with van der Waals surface area (Å²) in [4.78, 5) is 8.62. The van der Waals surface area contributed by atoms with E-state index in [1.54, 1.807) is 0 Å². The first-order chi connectivity index (χ1) is 19.8. The highest BCUT2D eigenvalue weighted by Crippen LogP contribution is 2.33. The first-order valence-electron chi connectivity index (χ1n) is 13.4. The van der Waals surface area contributed by atoms with Gasteiger partial charge in [0.2, 0.25) is 0 Å². The van der Waals surface area contributed by atoms with E-state index in [1.165, 1.54) is 0 Å². The van der Waals surface area contributed by atoms with Crippen molar-refractivity contribution < 1.29 is 0 Å². The molecule has 0 spiro atoms. The molecular formula is C36H30N4. The highest BCUT2D eigenvalue weighted by Gasteiger charge is 2.15. The van der Waals surface area contributed by atoms with Gasteiger partial charge < -0.3 is 16.0 Å². The van der Waals surface area contributed by atoms with Gasteiger partial charge in [0.1, 0.15) is 5.82 Å². The monoisotopic (exact) mass is 518 g/mol. The predicted molar refractivity (Wildman–Crippen MR) is 166 cm³/mol. The Morgan fingerprint density at radius 2 is 1.10 bits per heavy atom. The summed E-state index contributed by atoms with van der Waals surface area (Å²) in [6.07, 6.45) is 0. The van der Waals surface area contributed by atoms with Crippen molar-refractivity contribution in [1.29, 1.82) is 0 Å². The summed E-state index contributed by atoms with van der Waals surface area (Å²) in [6, 6.07) is 49.5. The molecule has 1 heterocycles. The Morgan fingerprint density at radius 3 is 1.70 bits per heavy atom. The van der Waals surface area contributed by atoms with E-state index in [0.717, 1.165) is 62.0 Å². The maximum absolute atomic E-state index is 6.65. The van der Waals surface area contributed by atoms with Crippen LogP contribution < -0.4 is 11.1 Å². The zero-order chi connectivity index (χ0) is 27.1. The number of aromatic amines is 1. The number of nitrogens with two attached hydrogens (primary N) is 1. The molecule has 4 N–H and O–H groups in total. The number of nitrogens with one attached hydrogen (secondary N) is 2. The van der Waals surface area contributed by atoms with E-state index >= 15 is 0 Å². The lowest BCUT2D eigenvalue weighted by Crippen LogP contribution is -2.16. The van der Waals surface area contributed by atoms with E-state index < -0.39 is 0 Å². The molecule has 0 saturated carbocycles. The topological polar surface area (TPSA) is 66.7 Å². The van der Waals surface area contributed by atoms with Gasteiger partial charge in [0.05, 0.1) is 22.8 Å². The van der Waals surface area contributed by atoms with Crippen LogP contribution in [0.25, 0.3) is 45.3 Å². The van der Waals surface area contributed by atoms with Crippen LogP contribution in [0.4, 0.5) is 0 Å². The van der Waals surface area contributed by atoms with Crippen molar-refractivity contribution in [3.63, 3.8) is 0 Å². The molecule has 4 heteroatoms. The molecule has 0 unspecified atom stereocenters. The van der Waals surface area contributed by atoms with E-state index in [0.29, 0.717) is 6.54 Å². The molecule has 6 rings (SSSR count). The number of benzene rings is 5. The second-order valence-electron chi connectivity index (χ2n) is 9.61. The average Bonchev–Trinajstić information content (AvgIpc) is 3.49. The number of H-pyrrole nitrogens is 1. The number of aromatic nitrogens is 2. The Hall–Kier alpha value is -5.35. The highest BCUT2D eigenvalue weighted by molar-refractivity contribution is 5.88. The third-order valence-corrected chi connectivity index (χ3v) is 6.93. The minimum absolute atomic E-state index is 0.640. The van der Waals surface area contributed by atoms with Gasteiger partial charge in [-0.1, -0.05) is 146 Å². The van der Waals surface area contributed by atoms with Gasteiger partial charge in [-0.3, -0.25) is 0 Å². The predicted octanol–water partition coefficient (Wildman–Crippen LogP) is 7.99. The molecule has 0 saturated heterocycles. The van der Waals surface area contributed by atoms with Crippen molar-refractivity contribution in [1.82, 2.24) is 15.3 Å². The largest absolute Gasteiger partial charge is 0.397 e. The van der Waals surface area contributed by atoms with Crippen molar-refractivity contribution in [2.45, 2.75) is 6.54 Å². The Balaban J connectivity index is 1.28. The van der Waals surface area contributed by atoms with Crippen LogP contribution in [0, 0.1) is 0 Å². The minimum atomic E-state index is 0.640. The molecule has 0 aliphatic heterocycles. The number of rotatable bonds is 8.